The lowest BCUT2D eigenvalue weighted by atomic mass is 10.2. The molecule has 134 valence electrons. The first-order chi connectivity index (χ1) is 11.3. The normalized spacial score (nSPS) is 22.9. The molecule has 3 atom stereocenters. The highest BCUT2D eigenvalue weighted by molar-refractivity contribution is 9.10. The molecule has 0 spiro atoms. The number of rotatable bonds is 6. The molecule has 1 aliphatic heterocycles. The number of carbonyl (C=O) groups excluding carboxylic acids is 1. The van der Waals surface area contributed by atoms with Crippen molar-refractivity contribution in [3.63, 3.8) is 0 Å². The molecule has 1 fully saturated rings. The fourth-order valence-electron chi connectivity index (χ4n) is 2.75. The van der Waals surface area contributed by atoms with Gasteiger partial charge in [0.1, 0.15) is 5.75 Å². The van der Waals surface area contributed by atoms with Gasteiger partial charge < -0.3 is 14.8 Å². The van der Waals surface area contributed by atoms with E-state index in [1.54, 1.807) is 18.2 Å². The molecule has 1 heterocycles. The predicted octanol–water partition coefficient (Wildman–Crippen LogP) is 3.10. The Hall–Kier alpha value is -0.820. The van der Waals surface area contributed by atoms with Crippen LogP contribution in [0.3, 0.4) is 0 Å². The van der Waals surface area contributed by atoms with E-state index in [9.17, 15) is 4.79 Å². The van der Waals surface area contributed by atoms with Crippen molar-refractivity contribution in [3.05, 3.63) is 27.7 Å². The van der Waals surface area contributed by atoms with Gasteiger partial charge in [-0.05, 0) is 54.9 Å². The monoisotopic (exact) mass is 418 g/mol. The number of hydrogen-bond donors (Lipinski definition) is 1. The van der Waals surface area contributed by atoms with Crippen LogP contribution < -0.4 is 10.1 Å². The molecule has 1 aliphatic rings. The molecule has 0 aliphatic carbocycles. The van der Waals surface area contributed by atoms with E-state index in [-0.39, 0.29) is 30.8 Å². The van der Waals surface area contributed by atoms with E-state index in [0.29, 0.717) is 17.3 Å². The summed E-state index contributed by atoms with van der Waals surface area (Å²) in [4.78, 5) is 14.3. The summed E-state index contributed by atoms with van der Waals surface area (Å²) in [7, 11) is 0. The Morgan fingerprint density at radius 2 is 2.12 bits per heavy atom. The van der Waals surface area contributed by atoms with Gasteiger partial charge in [0.15, 0.2) is 6.61 Å². The number of amides is 1. The number of benzene rings is 1. The lowest BCUT2D eigenvalue weighted by Crippen LogP contribution is -2.52. The quantitative estimate of drug-likeness (QED) is 0.770. The Morgan fingerprint density at radius 3 is 2.75 bits per heavy atom. The first-order valence-corrected chi connectivity index (χ1v) is 9.26. The summed E-state index contributed by atoms with van der Waals surface area (Å²) < 4.78 is 12.0. The highest BCUT2D eigenvalue weighted by Gasteiger charge is 2.25. The lowest BCUT2D eigenvalue weighted by molar-refractivity contribution is -0.123. The van der Waals surface area contributed by atoms with Gasteiger partial charge in [-0.15, -0.1) is 0 Å². The van der Waals surface area contributed by atoms with Gasteiger partial charge in [0.2, 0.25) is 0 Å². The third-order valence-electron chi connectivity index (χ3n) is 3.92. The average molecular weight is 420 g/mol. The van der Waals surface area contributed by atoms with Gasteiger partial charge >= 0.3 is 0 Å². The Labute approximate surface area is 156 Å². The minimum absolute atomic E-state index is 0.0249. The van der Waals surface area contributed by atoms with Crippen LogP contribution in [0.1, 0.15) is 20.8 Å². The fraction of sp³-hybridized carbons (Fsp3) is 0.588. The van der Waals surface area contributed by atoms with E-state index < -0.39 is 0 Å². The highest BCUT2D eigenvalue weighted by atomic mass is 79.9. The van der Waals surface area contributed by atoms with Crippen LogP contribution >= 0.6 is 27.5 Å². The molecule has 24 heavy (non-hydrogen) atoms. The van der Waals surface area contributed by atoms with E-state index >= 15 is 0 Å². The fourth-order valence-corrected chi connectivity index (χ4v) is 3.55. The highest BCUT2D eigenvalue weighted by Crippen LogP contribution is 2.27. The minimum atomic E-state index is -0.141. The SMILES string of the molecule is CC1CN(C(C)CNC(=O)COc2ccc(Cl)cc2Br)CC(C)O1. The number of nitrogens with zero attached hydrogens (tertiary/aromatic N) is 1. The number of nitrogens with one attached hydrogen (secondary N) is 1. The summed E-state index contributed by atoms with van der Waals surface area (Å²) in [6.07, 6.45) is 0.440. The first-order valence-electron chi connectivity index (χ1n) is 8.09. The smallest absolute Gasteiger partial charge is 0.257 e. The van der Waals surface area contributed by atoms with Crippen LogP contribution in [0.25, 0.3) is 0 Å². The van der Waals surface area contributed by atoms with Crippen LogP contribution in [-0.4, -0.2) is 55.3 Å². The summed E-state index contributed by atoms with van der Waals surface area (Å²) in [6.45, 7) is 8.59. The Kier molecular flexibility index (Phi) is 7.34. The van der Waals surface area contributed by atoms with Crippen LogP contribution in [0.5, 0.6) is 5.75 Å². The van der Waals surface area contributed by atoms with Gasteiger partial charge in [0.05, 0.1) is 16.7 Å². The van der Waals surface area contributed by atoms with Crippen molar-refractivity contribution in [1.29, 1.82) is 0 Å². The minimum Gasteiger partial charge on any atom is -0.483 e. The number of hydrogen-bond acceptors (Lipinski definition) is 4. The van der Waals surface area contributed by atoms with Crippen molar-refractivity contribution >= 4 is 33.4 Å². The summed E-state index contributed by atoms with van der Waals surface area (Å²) in [5.74, 6) is 0.455. The van der Waals surface area contributed by atoms with Gasteiger partial charge in [-0.3, -0.25) is 9.69 Å². The molecule has 0 radical (unpaired) electrons. The van der Waals surface area contributed by atoms with Crippen LogP contribution in [0.2, 0.25) is 5.02 Å². The molecule has 5 nitrogen and oxygen atoms in total. The van der Waals surface area contributed by atoms with E-state index in [0.717, 1.165) is 17.6 Å². The topological polar surface area (TPSA) is 50.8 Å². The third kappa shape index (κ3) is 5.92. The van der Waals surface area contributed by atoms with Crippen molar-refractivity contribution in [1.82, 2.24) is 10.2 Å². The van der Waals surface area contributed by atoms with Gasteiger partial charge in [-0.25, -0.2) is 0 Å². The Bertz CT molecular complexity index is 563. The maximum Gasteiger partial charge on any atom is 0.257 e. The third-order valence-corrected chi connectivity index (χ3v) is 4.77. The molecule has 1 amide bonds. The van der Waals surface area contributed by atoms with Crippen molar-refractivity contribution in [2.75, 3.05) is 26.2 Å². The van der Waals surface area contributed by atoms with Crippen molar-refractivity contribution in [3.8, 4) is 5.75 Å². The zero-order valence-electron chi connectivity index (χ0n) is 14.2. The number of carbonyl (C=O) groups is 1. The molecule has 3 unspecified atom stereocenters. The van der Waals surface area contributed by atoms with Gasteiger partial charge in [0.25, 0.3) is 5.91 Å². The van der Waals surface area contributed by atoms with E-state index in [2.05, 4.69) is 46.9 Å². The molecular formula is C17H24BrClN2O3. The van der Waals surface area contributed by atoms with Crippen LogP contribution in [0, 0.1) is 0 Å². The molecule has 1 aromatic rings. The number of ether oxygens (including phenoxy) is 2. The van der Waals surface area contributed by atoms with Crippen LogP contribution in [0.4, 0.5) is 0 Å². The van der Waals surface area contributed by atoms with Crippen LogP contribution in [-0.2, 0) is 9.53 Å². The molecule has 1 aromatic carbocycles. The second-order valence-electron chi connectivity index (χ2n) is 6.23. The van der Waals surface area contributed by atoms with E-state index in [1.165, 1.54) is 0 Å². The average Bonchev–Trinajstić information content (AvgIpc) is 2.50. The number of morpholine rings is 1. The summed E-state index contributed by atoms with van der Waals surface area (Å²) in [6, 6.07) is 5.45. The van der Waals surface area contributed by atoms with E-state index in [4.69, 9.17) is 21.1 Å². The largest absolute Gasteiger partial charge is 0.483 e. The zero-order chi connectivity index (χ0) is 17.7. The predicted molar refractivity (Wildman–Crippen MR) is 98.7 cm³/mol. The Morgan fingerprint density at radius 1 is 1.46 bits per heavy atom. The van der Waals surface area contributed by atoms with Crippen molar-refractivity contribution in [2.24, 2.45) is 0 Å². The van der Waals surface area contributed by atoms with E-state index in [1.807, 2.05) is 0 Å². The first kappa shape index (κ1) is 19.5. The molecule has 1 N–H and O–H groups in total. The second kappa shape index (κ2) is 9.04. The van der Waals surface area contributed by atoms with Crippen molar-refractivity contribution < 1.29 is 14.3 Å². The molecular weight excluding hydrogens is 396 g/mol. The zero-order valence-corrected chi connectivity index (χ0v) is 16.6. The molecule has 1 saturated heterocycles. The van der Waals surface area contributed by atoms with Gasteiger partial charge in [-0.2, -0.15) is 0 Å². The van der Waals surface area contributed by atoms with Gasteiger partial charge in [-0.1, -0.05) is 11.6 Å². The molecule has 0 saturated carbocycles. The molecule has 0 bridgehead atoms. The van der Waals surface area contributed by atoms with Crippen molar-refractivity contribution in [2.45, 2.75) is 39.0 Å². The standard InChI is InChI=1S/C17H24BrClN2O3/c1-11(21-8-12(2)24-13(3)9-21)7-20-17(22)10-23-16-5-4-14(19)6-15(16)18/h4-6,11-13H,7-10H2,1-3H3,(H,20,22). The van der Waals surface area contributed by atoms with Crippen LogP contribution in [0.15, 0.2) is 22.7 Å². The second-order valence-corrected chi connectivity index (χ2v) is 7.52. The maximum absolute atomic E-state index is 12.0. The Balaban J connectivity index is 1.74. The van der Waals surface area contributed by atoms with Gasteiger partial charge in [0, 0.05) is 30.7 Å². The number of halogens is 2. The maximum atomic E-state index is 12.0. The lowest BCUT2D eigenvalue weighted by Gasteiger charge is -2.38. The summed E-state index contributed by atoms with van der Waals surface area (Å²) in [5, 5.41) is 3.54. The summed E-state index contributed by atoms with van der Waals surface area (Å²) >= 11 is 9.24. The summed E-state index contributed by atoms with van der Waals surface area (Å²) in [5.41, 5.74) is 0. The molecule has 0 aromatic heterocycles. The molecule has 2 rings (SSSR count). The molecule has 7 heteroatoms.